The Bertz CT molecular complexity index is 687. The Morgan fingerprint density at radius 2 is 1.97 bits per heavy atom. The Balaban J connectivity index is 2.34. The molecule has 2 rings (SSSR count). The van der Waals surface area contributed by atoms with Crippen LogP contribution in [0.15, 0.2) is 18.2 Å². The molecule has 6 heteroatoms. The summed E-state index contributed by atoms with van der Waals surface area (Å²) in [5.74, 6) is 0.441. The van der Waals surface area contributed by atoms with E-state index in [4.69, 9.17) is 22.7 Å². The highest BCUT2D eigenvalue weighted by Gasteiger charge is 2.25. The Kier molecular flexibility index (Phi) is 9.21. The third-order valence-corrected chi connectivity index (χ3v) is 5.61. The first kappa shape index (κ1) is 23.5. The predicted molar refractivity (Wildman–Crippen MR) is 126 cm³/mol. The molecule has 1 aliphatic carbocycles. The number of hydrogen-bond acceptors (Lipinski definition) is 4. The highest BCUT2D eigenvalue weighted by Crippen LogP contribution is 2.36. The maximum atomic E-state index is 11.9. The monoisotopic (exact) mass is 419 g/mol. The number of nitrogens with one attached hydrogen (secondary N) is 1. The van der Waals surface area contributed by atoms with Gasteiger partial charge in [0.25, 0.3) is 0 Å². The molecule has 0 aliphatic heterocycles. The SMILES string of the molecule is CCOC(=O)C[C@@H](C)c1ccc(N(CC(C)C)C2CCCCC2)c(NC(N)=S)c1. The number of esters is 1. The van der Waals surface area contributed by atoms with Crippen LogP contribution in [-0.2, 0) is 9.53 Å². The first-order valence-corrected chi connectivity index (χ1v) is 11.3. The fourth-order valence-corrected chi connectivity index (χ4v) is 4.27. The molecule has 1 aromatic rings. The Morgan fingerprint density at radius 3 is 2.55 bits per heavy atom. The lowest BCUT2D eigenvalue weighted by Crippen LogP contribution is -2.40. The average molecular weight is 420 g/mol. The molecule has 5 nitrogen and oxygen atoms in total. The summed E-state index contributed by atoms with van der Waals surface area (Å²) in [4.78, 5) is 14.4. The minimum Gasteiger partial charge on any atom is -0.466 e. The lowest BCUT2D eigenvalue weighted by atomic mass is 9.92. The van der Waals surface area contributed by atoms with Gasteiger partial charge in [-0.1, -0.05) is 46.1 Å². The molecule has 3 N–H and O–H groups in total. The number of carbonyl (C=O) groups is 1. The van der Waals surface area contributed by atoms with Crippen molar-refractivity contribution in [1.29, 1.82) is 0 Å². The molecule has 0 heterocycles. The van der Waals surface area contributed by atoms with Crippen molar-refractivity contribution in [2.75, 3.05) is 23.4 Å². The van der Waals surface area contributed by atoms with Gasteiger partial charge in [0.2, 0.25) is 0 Å². The van der Waals surface area contributed by atoms with E-state index in [0.29, 0.717) is 25.0 Å². The highest BCUT2D eigenvalue weighted by atomic mass is 32.1. The zero-order chi connectivity index (χ0) is 21.4. The third kappa shape index (κ3) is 7.18. The second kappa shape index (κ2) is 11.4. The number of ether oxygens (including phenoxy) is 1. The number of carbonyl (C=O) groups excluding carboxylic acids is 1. The van der Waals surface area contributed by atoms with E-state index >= 15 is 0 Å². The summed E-state index contributed by atoms with van der Waals surface area (Å²) in [5, 5.41) is 3.45. The lowest BCUT2D eigenvalue weighted by Gasteiger charge is -2.38. The van der Waals surface area contributed by atoms with Crippen molar-refractivity contribution in [3.8, 4) is 0 Å². The Labute approximate surface area is 181 Å². The van der Waals surface area contributed by atoms with Crippen LogP contribution in [0, 0.1) is 5.92 Å². The molecular weight excluding hydrogens is 382 g/mol. The molecule has 0 amide bonds. The number of nitrogens with zero attached hydrogens (tertiary/aromatic N) is 1. The summed E-state index contributed by atoms with van der Waals surface area (Å²) >= 11 is 5.16. The predicted octanol–water partition coefficient (Wildman–Crippen LogP) is 5.19. The molecule has 0 aromatic heterocycles. The number of hydrogen-bond donors (Lipinski definition) is 2. The van der Waals surface area contributed by atoms with Crippen LogP contribution in [0.5, 0.6) is 0 Å². The molecule has 0 bridgehead atoms. The fraction of sp³-hybridized carbons (Fsp3) is 0.652. The van der Waals surface area contributed by atoms with E-state index in [0.717, 1.165) is 23.5 Å². The van der Waals surface area contributed by atoms with Gasteiger partial charge in [-0.2, -0.15) is 0 Å². The first-order valence-electron chi connectivity index (χ1n) is 10.9. The van der Waals surface area contributed by atoms with Gasteiger partial charge in [0.15, 0.2) is 5.11 Å². The molecule has 0 unspecified atom stereocenters. The van der Waals surface area contributed by atoms with Gasteiger partial charge >= 0.3 is 5.97 Å². The van der Waals surface area contributed by atoms with Gasteiger partial charge in [-0.3, -0.25) is 4.79 Å². The number of nitrogens with two attached hydrogens (primary N) is 1. The smallest absolute Gasteiger partial charge is 0.306 e. The van der Waals surface area contributed by atoms with Crippen molar-refractivity contribution in [3.05, 3.63) is 23.8 Å². The Hall–Kier alpha value is -1.82. The molecule has 162 valence electrons. The Morgan fingerprint density at radius 1 is 1.28 bits per heavy atom. The zero-order valence-electron chi connectivity index (χ0n) is 18.4. The third-order valence-electron chi connectivity index (χ3n) is 5.51. The zero-order valence-corrected chi connectivity index (χ0v) is 19.2. The number of anilines is 2. The average Bonchev–Trinajstić information content (AvgIpc) is 2.66. The lowest BCUT2D eigenvalue weighted by molar-refractivity contribution is -0.143. The van der Waals surface area contributed by atoms with E-state index in [1.807, 2.05) is 13.8 Å². The normalized spacial score (nSPS) is 15.8. The molecule has 1 fully saturated rings. The largest absolute Gasteiger partial charge is 0.466 e. The molecule has 1 atom stereocenters. The molecule has 1 saturated carbocycles. The van der Waals surface area contributed by atoms with Crippen LogP contribution >= 0.6 is 12.2 Å². The molecular formula is C23H37N3O2S. The number of benzene rings is 1. The topological polar surface area (TPSA) is 67.6 Å². The van der Waals surface area contributed by atoms with Crippen molar-refractivity contribution in [1.82, 2.24) is 0 Å². The first-order chi connectivity index (χ1) is 13.8. The van der Waals surface area contributed by atoms with Gasteiger partial charge in [0.05, 0.1) is 24.4 Å². The second-order valence-corrected chi connectivity index (χ2v) is 8.95. The van der Waals surface area contributed by atoms with Gasteiger partial charge in [-0.15, -0.1) is 0 Å². The second-order valence-electron chi connectivity index (χ2n) is 8.51. The van der Waals surface area contributed by atoms with Crippen LogP contribution < -0.4 is 16.0 Å². The summed E-state index contributed by atoms with van der Waals surface area (Å²) in [7, 11) is 0. The van der Waals surface area contributed by atoms with Crippen LogP contribution in [0.4, 0.5) is 11.4 Å². The maximum absolute atomic E-state index is 11.9. The minimum absolute atomic E-state index is 0.0585. The van der Waals surface area contributed by atoms with Crippen LogP contribution in [0.1, 0.15) is 77.7 Å². The van der Waals surface area contributed by atoms with E-state index in [9.17, 15) is 4.79 Å². The van der Waals surface area contributed by atoms with Gasteiger partial charge in [0, 0.05) is 12.6 Å². The van der Waals surface area contributed by atoms with Gasteiger partial charge in [0.1, 0.15) is 0 Å². The van der Waals surface area contributed by atoms with Crippen molar-refractivity contribution in [3.63, 3.8) is 0 Å². The van der Waals surface area contributed by atoms with Crippen molar-refractivity contribution >= 4 is 34.7 Å². The number of rotatable bonds is 9. The van der Waals surface area contributed by atoms with E-state index in [2.05, 4.69) is 42.3 Å². The van der Waals surface area contributed by atoms with E-state index in [1.54, 1.807) is 0 Å². The van der Waals surface area contributed by atoms with Crippen molar-refractivity contribution < 1.29 is 9.53 Å². The van der Waals surface area contributed by atoms with E-state index < -0.39 is 0 Å². The molecule has 0 radical (unpaired) electrons. The summed E-state index contributed by atoms with van der Waals surface area (Å²) in [6, 6.07) is 6.92. The molecule has 1 aliphatic rings. The number of thiocarbonyl (C=S) groups is 1. The van der Waals surface area contributed by atoms with Gasteiger partial charge < -0.3 is 20.7 Å². The van der Waals surface area contributed by atoms with Gasteiger partial charge in [-0.25, -0.2) is 0 Å². The summed E-state index contributed by atoms with van der Waals surface area (Å²) in [6.07, 6.45) is 6.70. The molecule has 0 spiro atoms. The summed E-state index contributed by atoms with van der Waals surface area (Å²) in [6.45, 7) is 9.79. The minimum atomic E-state index is -0.170. The summed E-state index contributed by atoms with van der Waals surface area (Å²) in [5.41, 5.74) is 9.00. The standard InChI is InChI=1S/C23H37N3O2S/c1-5-28-22(27)13-17(4)18-11-12-21(20(14-18)25-23(24)29)26(15-16(2)3)19-9-7-6-8-10-19/h11-12,14,16-17,19H,5-10,13,15H2,1-4H3,(H3,24,25,29)/t17-/m1/s1. The quantitative estimate of drug-likeness (QED) is 0.424. The van der Waals surface area contributed by atoms with Gasteiger partial charge in [-0.05, 0) is 61.5 Å². The van der Waals surface area contributed by atoms with Crippen LogP contribution in [0.3, 0.4) is 0 Å². The van der Waals surface area contributed by atoms with Crippen molar-refractivity contribution in [2.24, 2.45) is 11.7 Å². The fourth-order valence-electron chi connectivity index (χ4n) is 4.16. The molecule has 29 heavy (non-hydrogen) atoms. The van der Waals surface area contributed by atoms with Crippen LogP contribution in [-0.4, -0.2) is 30.3 Å². The van der Waals surface area contributed by atoms with E-state index in [1.165, 1.54) is 32.1 Å². The van der Waals surface area contributed by atoms with Crippen LogP contribution in [0.2, 0.25) is 0 Å². The maximum Gasteiger partial charge on any atom is 0.306 e. The summed E-state index contributed by atoms with van der Waals surface area (Å²) < 4.78 is 5.11. The molecule has 0 saturated heterocycles. The highest BCUT2D eigenvalue weighted by molar-refractivity contribution is 7.80. The van der Waals surface area contributed by atoms with Crippen LogP contribution in [0.25, 0.3) is 0 Å². The molecule has 1 aromatic carbocycles. The van der Waals surface area contributed by atoms with Crippen molar-refractivity contribution in [2.45, 2.75) is 78.2 Å². The van der Waals surface area contributed by atoms with E-state index in [-0.39, 0.29) is 17.0 Å².